The zero-order chi connectivity index (χ0) is 15.0. The molecule has 1 aliphatic heterocycles. The van der Waals surface area contributed by atoms with Crippen LogP contribution >= 0.6 is 11.8 Å². The molecule has 6 heteroatoms. The molecule has 4 nitrogen and oxygen atoms in total. The van der Waals surface area contributed by atoms with Gasteiger partial charge in [-0.3, -0.25) is 0 Å². The first-order valence-electron chi connectivity index (χ1n) is 6.49. The van der Waals surface area contributed by atoms with Gasteiger partial charge in [0, 0.05) is 10.6 Å². The minimum Gasteiger partial charge on any atom is -0.549 e. The Balaban J connectivity index is 2.06. The van der Waals surface area contributed by atoms with Gasteiger partial charge >= 0.3 is 7.12 Å². The lowest BCUT2D eigenvalue weighted by Gasteiger charge is -2.32. The summed E-state index contributed by atoms with van der Waals surface area (Å²) in [6.07, 6.45) is 0. The van der Waals surface area contributed by atoms with Crippen molar-refractivity contribution in [3.05, 3.63) is 24.3 Å². The van der Waals surface area contributed by atoms with Crippen LogP contribution in [0.3, 0.4) is 0 Å². The summed E-state index contributed by atoms with van der Waals surface area (Å²) in [5, 5.41) is 10.4. The summed E-state index contributed by atoms with van der Waals surface area (Å²) in [4.78, 5) is 11.3. The van der Waals surface area contributed by atoms with Crippen molar-refractivity contribution in [1.29, 1.82) is 0 Å². The maximum absolute atomic E-state index is 10.4. The largest absolute Gasteiger partial charge is 0.549 e. The predicted octanol–water partition coefficient (Wildman–Crippen LogP) is 0.828. The molecule has 1 aromatic carbocycles. The van der Waals surface area contributed by atoms with Crippen LogP contribution in [0.15, 0.2) is 29.2 Å². The standard InChI is InChI=1S/C14H19BO4S/c1-13(2)14(3,4)19-15(18-13)10-5-7-11(8-6-10)20-9-12(16)17/h5-8H,9H2,1-4H3,(H,16,17)/p-1. The third-order valence-corrected chi connectivity index (χ3v) is 4.75. The van der Waals surface area contributed by atoms with Gasteiger partial charge in [-0.1, -0.05) is 12.1 Å². The number of aliphatic carboxylic acids is 1. The summed E-state index contributed by atoms with van der Waals surface area (Å²) >= 11 is 1.24. The van der Waals surface area contributed by atoms with E-state index in [2.05, 4.69) is 0 Å². The van der Waals surface area contributed by atoms with Crippen molar-refractivity contribution in [3.8, 4) is 0 Å². The average molecular weight is 293 g/mol. The summed E-state index contributed by atoms with van der Waals surface area (Å²) in [7, 11) is -0.389. The van der Waals surface area contributed by atoms with Crippen LogP contribution in [0.5, 0.6) is 0 Å². The van der Waals surface area contributed by atoms with Crippen molar-refractivity contribution < 1.29 is 19.2 Å². The van der Waals surface area contributed by atoms with Gasteiger partial charge < -0.3 is 19.2 Å². The van der Waals surface area contributed by atoms with E-state index in [1.54, 1.807) is 0 Å². The smallest absolute Gasteiger partial charge is 0.494 e. The second kappa shape index (κ2) is 5.43. The van der Waals surface area contributed by atoms with E-state index >= 15 is 0 Å². The van der Waals surface area contributed by atoms with Gasteiger partial charge in [0.15, 0.2) is 0 Å². The first kappa shape index (κ1) is 15.4. The minimum atomic E-state index is -1.06. The summed E-state index contributed by atoms with van der Waals surface area (Å²) in [6, 6.07) is 7.54. The van der Waals surface area contributed by atoms with E-state index in [1.165, 1.54) is 11.8 Å². The SMILES string of the molecule is CC1(C)OB(c2ccc(SCC(=O)[O-])cc2)OC1(C)C. The second-order valence-electron chi connectivity index (χ2n) is 5.82. The van der Waals surface area contributed by atoms with Crippen LogP contribution in [0.1, 0.15) is 27.7 Å². The van der Waals surface area contributed by atoms with E-state index in [0.29, 0.717) is 0 Å². The van der Waals surface area contributed by atoms with Gasteiger partial charge in [-0.25, -0.2) is 0 Å². The number of carboxylic acid groups (broad SMARTS) is 1. The van der Waals surface area contributed by atoms with Gasteiger partial charge in [0.1, 0.15) is 0 Å². The number of hydrogen-bond donors (Lipinski definition) is 0. The molecule has 0 unspecified atom stereocenters. The average Bonchev–Trinajstić information content (AvgIpc) is 2.56. The molecule has 108 valence electrons. The highest BCUT2D eigenvalue weighted by molar-refractivity contribution is 8.00. The number of carbonyl (C=O) groups is 1. The van der Waals surface area contributed by atoms with Crippen LogP contribution in [0, 0.1) is 0 Å². The topological polar surface area (TPSA) is 58.6 Å². The lowest BCUT2D eigenvalue weighted by Crippen LogP contribution is -2.41. The van der Waals surface area contributed by atoms with Gasteiger partial charge in [-0.15, -0.1) is 11.8 Å². The molecule has 1 saturated heterocycles. The maximum atomic E-state index is 10.4. The minimum absolute atomic E-state index is 0.0458. The van der Waals surface area contributed by atoms with E-state index in [-0.39, 0.29) is 24.1 Å². The Morgan fingerprint density at radius 2 is 1.65 bits per heavy atom. The predicted molar refractivity (Wildman–Crippen MR) is 77.9 cm³/mol. The molecular formula is C14H18BO4S-. The van der Waals surface area contributed by atoms with E-state index < -0.39 is 5.97 Å². The highest BCUT2D eigenvalue weighted by Crippen LogP contribution is 2.36. The van der Waals surface area contributed by atoms with Gasteiger partial charge in [0.25, 0.3) is 0 Å². The normalized spacial score (nSPS) is 20.1. The molecule has 1 aliphatic rings. The zero-order valence-corrected chi connectivity index (χ0v) is 13.0. The van der Waals surface area contributed by atoms with Crippen LogP contribution in [-0.2, 0) is 14.1 Å². The van der Waals surface area contributed by atoms with E-state index in [9.17, 15) is 9.90 Å². The van der Waals surface area contributed by atoms with Crippen LogP contribution in [0.25, 0.3) is 0 Å². The fourth-order valence-electron chi connectivity index (χ4n) is 1.84. The molecule has 0 radical (unpaired) electrons. The molecule has 0 saturated carbocycles. The van der Waals surface area contributed by atoms with Crippen molar-refractivity contribution >= 4 is 30.3 Å². The summed E-state index contributed by atoms with van der Waals surface area (Å²) in [5.41, 5.74) is 0.210. The maximum Gasteiger partial charge on any atom is 0.494 e. The van der Waals surface area contributed by atoms with Crippen molar-refractivity contribution in [3.63, 3.8) is 0 Å². The van der Waals surface area contributed by atoms with Crippen molar-refractivity contribution in [2.45, 2.75) is 43.8 Å². The van der Waals surface area contributed by atoms with Crippen LogP contribution in [-0.4, -0.2) is 30.0 Å². The van der Waals surface area contributed by atoms with Gasteiger partial charge in [-0.05, 0) is 45.3 Å². The van der Waals surface area contributed by atoms with Gasteiger partial charge in [0.2, 0.25) is 0 Å². The summed E-state index contributed by atoms with van der Waals surface area (Å²) < 4.78 is 11.9. The number of rotatable bonds is 4. The van der Waals surface area contributed by atoms with Crippen molar-refractivity contribution in [2.75, 3.05) is 5.75 Å². The molecule has 0 aromatic heterocycles. The lowest BCUT2D eigenvalue weighted by atomic mass is 9.79. The first-order chi connectivity index (χ1) is 9.21. The summed E-state index contributed by atoms with van der Waals surface area (Å²) in [5.74, 6) is -1.11. The van der Waals surface area contributed by atoms with Crippen LogP contribution < -0.4 is 10.6 Å². The molecule has 1 heterocycles. The quantitative estimate of drug-likeness (QED) is 0.608. The first-order valence-corrected chi connectivity index (χ1v) is 7.48. The fraction of sp³-hybridized carbons (Fsp3) is 0.500. The molecule has 0 amide bonds. The van der Waals surface area contributed by atoms with Gasteiger partial charge in [-0.2, -0.15) is 0 Å². The monoisotopic (exact) mass is 293 g/mol. The van der Waals surface area contributed by atoms with Crippen molar-refractivity contribution in [1.82, 2.24) is 0 Å². The Labute approximate surface area is 124 Å². The number of carbonyl (C=O) groups excluding carboxylic acids is 1. The van der Waals surface area contributed by atoms with Crippen LogP contribution in [0.4, 0.5) is 0 Å². The molecule has 1 aromatic rings. The van der Waals surface area contributed by atoms with Crippen LogP contribution in [0.2, 0.25) is 0 Å². The second-order valence-corrected chi connectivity index (χ2v) is 6.87. The number of thioether (sulfide) groups is 1. The number of carboxylic acids is 1. The van der Waals surface area contributed by atoms with E-state index in [1.807, 2.05) is 52.0 Å². The zero-order valence-electron chi connectivity index (χ0n) is 12.1. The molecule has 0 N–H and O–H groups in total. The lowest BCUT2D eigenvalue weighted by molar-refractivity contribution is -0.301. The Morgan fingerprint density at radius 1 is 1.15 bits per heavy atom. The highest BCUT2D eigenvalue weighted by Gasteiger charge is 2.51. The molecule has 20 heavy (non-hydrogen) atoms. The molecule has 0 aliphatic carbocycles. The Hall–Kier alpha value is -0.975. The molecule has 0 bridgehead atoms. The Morgan fingerprint density at radius 3 is 2.10 bits per heavy atom. The number of benzene rings is 1. The van der Waals surface area contributed by atoms with Gasteiger partial charge in [0.05, 0.1) is 17.2 Å². The molecule has 0 atom stereocenters. The third kappa shape index (κ3) is 3.19. The Kier molecular flexibility index (Phi) is 4.18. The van der Waals surface area contributed by atoms with E-state index in [0.717, 1.165) is 10.4 Å². The molecular weight excluding hydrogens is 275 g/mol. The third-order valence-electron chi connectivity index (χ3n) is 3.76. The van der Waals surface area contributed by atoms with Crippen molar-refractivity contribution in [2.24, 2.45) is 0 Å². The Bertz CT molecular complexity index is 482. The molecule has 0 spiro atoms. The fourth-order valence-corrected chi connectivity index (χ4v) is 2.46. The summed E-state index contributed by atoms with van der Waals surface area (Å²) in [6.45, 7) is 8.04. The van der Waals surface area contributed by atoms with E-state index in [4.69, 9.17) is 9.31 Å². The highest BCUT2D eigenvalue weighted by atomic mass is 32.2. The molecule has 1 fully saturated rings. The number of hydrogen-bond acceptors (Lipinski definition) is 5. The molecule has 2 rings (SSSR count).